The summed E-state index contributed by atoms with van der Waals surface area (Å²) in [5.41, 5.74) is 1.25. The van der Waals surface area contributed by atoms with E-state index >= 15 is 0 Å². The molecule has 0 N–H and O–H groups in total. The van der Waals surface area contributed by atoms with Crippen LogP contribution in [0.5, 0.6) is 0 Å². The number of hydrogen-bond acceptors (Lipinski definition) is 0. The molecule has 0 aromatic carbocycles. The molecule has 0 nitrogen and oxygen atoms in total. The van der Waals surface area contributed by atoms with Crippen LogP contribution in [0.2, 0.25) is 0 Å². The smallest absolute Gasteiger partial charge is 0.0285 e. The normalized spacial score (nSPS) is 10.4. The number of allylic oxidation sites excluding steroid dienone is 3. The SMILES string of the molecule is C=C(/C=C\C)CCCC. The van der Waals surface area contributed by atoms with E-state index < -0.39 is 0 Å². The van der Waals surface area contributed by atoms with Crippen LogP contribution in [0.3, 0.4) is 0 Å². The maximum Gasteiger partial charge on any atom is -0.0285 e. The summed E-state index contributed by atoms with van der Waals surface area (Å²) in [4.78, 5) is 0. The van der Waals surface area contributed by atoms with E-state index in [0.29, 0.717) is 0 Å². The van der Waals surface area contributed by atoms with Crippen molar-refractivity contribution in [2.24, 2.45) is 0 Å². The van der Waals surface area contributed by atoms with Crippen molar-refractivity contribution in [1.82, 2.24) is 0 Å². The van der Waals surface area contributed by atoms with Crippen molar-refractivity contribution < 1.29 is 0 Å². The van der Waals surface area contributed by atoms with E-state index in [0.717, 1.165) is 6.42 Å². The fourth-order valence-electron chi connectivity index (χ4n) is 0.723. The van der Waals surface area contributed by atoms with Gasteiger partial charge in [-0.25, -0.2) is 0 Å². The molecule has 0 spiro atoms. The molecular formula is C9H16. The van der Waals surface area contributed by atoms with Gasteiger partial charge in [0.05, 0.1) is 0 Å². The van der Waals surface area contributed by atoms with Gasteiger partial charge < -0.3 is 0 Å². The predicted molar refractivity (Wildman–Crippen MR) is 43.5 cm³/mol. The van der Waals surface area contributed by atoms with Gasteiger partial charge >= 0.3 is 0 Å². The fraction of sp³-hybridized carbons (Fsp3) is 0.556. The van der Waals surface area contributed by atoms with Gasteiger partial charge in [-0.2, -0.15) is 0 Å². The second kappa shape index (κ2) is 5.61. The molecule has 9 heavy (non-hydrogen) atoms. The van der Waals surface area contributed by atoms with E-state index in [1.54, 1.807) is 0 Å². The van der Waals surface area contributed by atoms with Gasteiger partial charge in [-0.3, -0.25) is 0 Å². The zero-order valence-electron chi connectivity index (χ0n) is 6.48. The van der Waals surface area contributed by atoms with Crippen LogP contribution in [0, 0.1) is 0 Å². The molecule has 0 aliphatic carbocycles. The first-order valence-electron chi connectivity index (χ1n) is 3.61. The Bertz CT molecular complexity index is 98.6. The summed E-state index contributed by atoms with van der Waals surface area (Å²) in [7, 11) is 0. The van der Waals surface area contributed by atoms with Crippen molar-refractivity contribution in [3.63, 3.8) is 0 Å². The van der Waals surface area contributed by atoms with Crippen molar-refractivity contribution >= 4 is 0 Å². The predicted octanol–water partition coefficient (Wildman–Crippen LogP) is 3.31. The van der Waals surface area contributed by atoms with Gasteiger partial charge in [0.1, 0.15) is 0 Å². The van der Waals surface area contributed by atoms with Gasteiger partial charge in [0.15, 0.2) is 0 Å². The third-order valence-electron chi connectivity index (χ3n) is 1.25. The first-order chi connectivity index (χ1) is 4.31. The molecule has 0 aliphatic rings. The highest BCUT2D eigenvalue weighted by molar-refractivity contribution is 5.12. The Morgan fingerprint density at radius 3 is 2.67 bits per heavy atom. The van der Waals surface area contributed by atoms with E-state index in [1.165, 1.54) is 18.4 Å². The summed E-state index contributed by atoms with van der Waals surface area (Å²) >= 11 is 0. The molecule has 0 atom stereocenters. The average molecular weight is 124 g/mol. The second-order valence-electron chi connectivity index (χ2n) is 2.26. The molecule has 0 amide bonds. The van der Waals surface area contributed by atoms with Crippen molar-refractivity contribution in [3.8, 4) is 0 Å². The van der Waals surface area contributed by atoms with Crippen molar-refractivity contribution in [3.05, 3.63) is 24.3 Å². The topological polar surface area (TPSA) is 0 Å². The molecule has 0 aliphatic heterocycles. The van der Waals surface area contributed by atoms with Gasteiger partial charge in [0.2, 0.25) is 0 Å². The third-order valence-corrected chi connectivity index (χ3v) is 1.25. The molecule has 0 aromatic rings. The van der Waals surface area contributed by atoms with Gasteiger partial charge in [0, 0.05) is 0 Å². The fourth-order valence-corrected chi connectivity index (χ4v) is 0.723. The molecule has 0 aromatic heterocycles. The summed E-state index contributed by atoms with van der Waals surface area (Å²) in [6.45, 7) is 8.12. The molecule has 0 saturated carbocycles. The lowest BCUT2D eigenvalue weighted by Gasteiger charge is -1.94. The molecule has 0 fully saturated rings. The monoisotopic (exact) mass is 124 g/mol. The number of hydrogen-bond donors (Lipinski definition) is 0. The van der Waals surface area contributed by atoms with Crippen molar-refractivity contribution in [2.45, 2.75) is 33.1 Å². The largest absolute Gasteiger partial charge is 0.0958 e. The van der Waals surface area contributed by atoms with E-state index in [1.807, 2.05) is 13.0 Å². The molecule has 0 bridgehead atoms. The Morgan fingerprint density at radius 2 is 2.22 bits per heavy atom. The minimum absolute atomic E-state index is 1.15. The van der Waals surface area contributed by atoms with E-state index in [2.05, 4.69) is 19.6 Å². The maximum atomic E-state index is 3.90. The van der Waals surface area contributed by atoms with Crippen LogP contribution in [0.15, 0.2) is 24.3 Å². The highest BCUT2D eigenvalue weighted by Gasteiger charge is 1.85. The highest BCUT2D eigenvalue weighted by Crippen LogP contribution is 2.05. The summed E-state index contributed by atoms with van der Waals surface area (Å²) in [6, 6.07) is 0. The minimum Gasteiger partial charge on any atom is -0.0958 e. The van der Waals surface area contributed by atoms with Crippen molar-refractivity contribution in [1.29, 1.82) is 0 Å². The molecule has 52 valence electrons. The summed E-state index contributed by atoms with van der Waals surface area (Å²) in [6.07, 6.45) is 7.80. The lowest BCUT2D eigenvalue weighted by atomic mass is 10.1. The Hall–Kier alpha value is -0.520. The van der Waals surface area contributed by atoms with E-state index in [9.17, 15) is 0 Å². The van der Waals surface area contributed by atoms with Crippen molar-refractivity contribution in [2.75, 3.05) is 0 Å². The summed E-state index contributed by atoms with van der Waals surface area (Å²) in [5.74, 6) is 0. The number of unbranched alkanes of at least 4 members (excludes halogenated alkanes) is 1. The standard InChI is InChI=1S/C9H16/c1-4-6-8-9(3)7-5-2/h5,7H,3-4,6,8H2,1-2H3/b7-5-. The average Bonchev–Trinajstić information content (AvgIpc) is 1.85. The highest BCUT2D eigenvalue weighted by atomic mass is 13.9. The zero-order chi connectivity index (χ0) is 7.11. The first kappa shape index (κ1) is 8.48. The van der Waals surface area contributed by atoms with Crippen LogP contribution in [0.4, 0.5) is 0 Å². The Kier molecular flexibility index (Phi) is 5.29. The van der Waals surface area contributed by atoms with Crippen LogP contribution >= 0.6 is 0 Å². The number of rotatable bonds is 4. The molecule has 0 rings (SSSR count). The quantitative estimate of drug-likeness (QED) is 0.504. The third kappa shape index (κ3) is 5.35. The zero-order valence-corrected chi connectivity index (χ0v) is 6.48. The Morgan fingerprint density at radius 1 is 1.56 bits per heavy atom. The Balaban J connectivity index is 3.27. The lowest BCUT2D eigenvalue weighted by Crippen LogP contribution is -1.74. The van der Waals surface area contributed by atoms with Crippen LogP contribution in [0.1, 0.15) is 33.1 Å². The minimum atomic E-state index is 1.15. The van der Waals surface area contributed by atoms with Crippen LogP contribution in [-0.4, -0.2) is 0 Å². The van der Waals surface area contributed by atoms with Gasteiger partial charge in [0.25, 0.3) is 0 Å². The molecule has 0 saturated heterocycles. The molecule has 0 unspecified atom stereocenters. The summed E-state index contributed by atoms with van der Waals surface area (Å²) in [5, 5.41) is 0. The Labute approximate surface area is 58.3 Å². The molecular weight excluding hydrogens is 108 g/mol. The van der Waals surface area contributed by atoms with E-state index in [-0.39, 0.29) is 0 Å². The lowest BCUT2D eigenvalue weighted by molar-refractivity contribution is 0.799. The van der Waals surface area contributed by atoms with Gasteiger partial charge in [-0.05, 0) is 19.8 Å². The van der Waals surface area contributed by atoms with Gasteiger partial charge in [-0.1, -0.05) is 37.6 Å². The molecule has 0 heterocycles. The second-order valence-corrected chi connectivity index (χ2v) is 2.26. The van der Waals surface area contributed by atoms with Crippen LogP contribution in [0.25, 0.3) is 0 Å². The maximum absolute atomic E-state index is 3.90. The van der Waals surface area contributed by atoms with Crippen LogP contribution in [-0.2, 0) is 0 Å². The molecule has 0 heteroatoms. The molecule has 0 radical (unpaired) electrons. The van der Waals surface area contributed by atoms with E-state index in [4.69, 9.17) is 0 Å². The first-order valence-corrected chi connectivity index (χ1v) is 3.61. The van der Waals surface area contributed by atoms with Crippen LogP contribution < -0.4 is 0 Å². The summed E-state index contributed by atoms with van der Waals surface area (Å²) < 4.78 is 0. The van der Waals surface area contributed by atoms with Gasteiger partial charge in [-0.15, -0.1) is 0 Å².